The lowest BCUT2D eigenvalue weighted by atomic mass is 9.81. The van der Waals surface area contributed by atoms with Gasteiger partial charge in [-0.05, 0) is 31.6 Å². The van der Waals surface area contributed by atoms with Crippen molar-refractivity contribution >= 4 is 17.5 Å². The molecule has 1 amide bonds. The van der Waals surface area contributed by atoms with Gasteiger partial charge in [0.1, 0.15) is 5.38 Å². The first-order valence-corrected chi connectivity index (χ1v) is 9.48. The summed E-state index contributed by atoms with van der Waals surface area (Å²) in [5, 5.41) is -0.551. The lowest BCUT2D eigenvalue weighted by Crippen LogP contribution is -2.64. The number of hydrogen-bond donors (Lipinski definition) is 2. The molecule has 9 heteroatoms. The van der Waals surface area contributed by atoms with Crippen molar-refractivity contribution in [2.45, 2.75) is 43.3 Å². The van der Waals surface area contributed by atoms with Crippen LogP contribution in [0.15, 0.2) is 0 Å². The Labute approximate surface area is 151 Å². The van der Waals surface area contributed by atoms with Crippen molar-refractivity contribution in [1.29, 1.82) is 0 Å². The number of piperazine rings is 1. The number of nitrogens with zero attached hydrogens (tertiary/aromatic N) is 2. The molecule has 1 saturated carbocycles. The first kappa shape index (κ1) is 19.2. The maximum absolute atomic E-state index is 12.7. The zero-order valence-electron chi connectivity index (χ0n) is 14.2. The summed E-state index contributed by atoms with van der Waals surface area (Å²) < 4.78 is 38.2. The summed E-state index contributed by atoms with van der Waals surface area (Å²) >= 11 is 6.21. The second-order valence-electron chi connectivity index (χ2n) is 7.44. The highest BCUT2D eigenvalue weighted by atomic mass is 35.5. The fourth-order valence-corrected chi connectivity index (χ4v) is 4.52. The van der Waals surface area contributed by atoms with Gasteiger partial charge in [-0.25, -0.2) is 5.43 Å². The molecule has 144 valence electrons. The molecule has 0 aromatic carbocycles. The zero-order chi connectivity index (χ0) is 18.0. The van der Waals surface area contributed by atoms with Crippen LogP contribution in [0, 0.1) is 11.8 Å². The number of alkyl halides is 4. The van der Waals surface area contributed by atoms with Crippen LogP contribution in [-0.4, -0.2) is 72.6 Å². The number of carbonyl (C=O) groups excluding carboxylic acids is 1. The maximum Gasteiger partial charge on any atom is 0.391 e. The highest BCUT2D eigenvalue weighted by Crippen LogP contribution is 2.39. The lowest BCUT2D eigenvalue weighted by molar-refractivity contribution is -0.184. The van der Waals surface area contributed by atoms with Crippen LogP contribution in [-0.2, 0) is 4.79 Å². The summed E-state index contributed by atoms with van der Waals surface area (Å²) in [7, 11) is 0. The van der Waals surface area contributed by atoms with Gasteiger partial charge in [0, 0.05) is 45.3 Å². The number of rotatable bonds is 3. The van der Waals surface area contributed by atoms with Crippen LogP contribution in [0.1, 0.15) is 25.7 Å². The molecule has 3 rings (SSSR count). The molecule has 2 saturated heterocycles. The van der Waals surface area contributed by atoms with Crippen LogP contribution in [0.3, 0.4) is 0 Å². The molecule has 0 radical (unpaired) electrons. The minimum Gasteiger partial charge on any atom is -0.301 e. The van der Waals surface area contributed by atoms with Gasteiger partial charge < -0.3 is 4.90 Å². The molecule has 0 aromatic rings. The molecule has 5 nitrogen and oxygen atoms in total. The third-order valence-corrected chi connectivity index (χ3v) is 6.30. The number of carbonyl (C=O) groups is 1. The van der Waals surface area contributed by atoms with E-state index in [1.165, 1.54) is 0 Å². The first-order chi connectivity index (χ1) is 11.8. The maximum atomic E-state index is 12.7. The Morgan fingerprint density at radius 3 is 2.32 bits per heavy atom. The van der Waals surface area contributed by atoms with E-state index in [4.69, 9.17) is 11.6 Å². The van der Waals surface area contributed by atoms with E-state index in [-0.39, 0.29) is 24.8 Å². The Kier molecular flexibility index (Phi) is 6.13. The van der Waals surface area contributed by atoms with E-state index in [0.29, 0.717) is 25.3 Å². The molecule has 0 bridgehead atoms. The number of halogens is 4. The quantitative estimate of drug-likeness (QED) is 0.728. The van der Waals surface area contributed by atoms with Crippen molar-refractivity contribution in [2.24, 2.45) is 11.8 Å². The third kappa shape index (κ3) is 4.78. The second-order valence-corrected chi connectivity index (χ2v) is 7.91. The van der Waals surface area contributed by atoms with Gasteiger partial charge in [0.2, 0.25) is 0 Å². The summed E-state index contributed by atoms with van der Waals surface area (Å²) in [5.41, 5.74) is 5.41. The van der Waals surface area contributed by atoms with E-state index in [1.807, 2.05) is 0 Å². The molecular formula is C16H26ClF3N4O. The lowest BCUT2D eigenvalue weighted by Gasteiger charge is -2.43. The summed E-state index contributed by atoms with van der Waals surface area (Å²) in [4.78, 5) is 16.2. The van der Waals surface area contributed by atoms with Crippen LogP contribution in [0.4, 0.5) is 13.2 Å². The summed E-state index contributed by atoms with van der Waals surface area (Å²) in [6.45, 7) is 4.93. The SMILES string of the molecule is O=C1NNCC(N2CCN(CC3CCC(C(F)(F)F)CC3)CC2)C1Cl. The zero-order valence-corrected chi connectivity index (χ0v) is 15.0. The normalized spacial score (nSPS) is 36.2. The van der Waals surface area contributed by atoms with E-state index < -0.39 is 17.5 Å². The van der Waals surface area contributed by atoms with Crippen LogP contribution in [0.5, 0.6) is 0 Å². The number of nitrogens with one attached hydrogen (secondary N) is 2. The van der Waals surface area contributed by atoms with Crippen molar-refractivity contribution in [3.8, 4) is 0 Å². The second kappa shape index (κ2) is 7.98. The smallest absolute Gasteiger partial charge is 0.301 e. The average molecular weight is 383 g/mol. The van der Waals surface area contributed by atoms with Crippen molar-refractivity contribution < 1.29 is 18.0 Å². The van der Waals surface area contributed by atoms with Gasteiger partial charge in [-0.1, -0.05) is 0 Å². The van der Waals surface area contributed by atoms with Crippen LogP contribution in [0.25, 0.3) is 0 Å². The van der Waals surface area contributed by atoms with E-state index in [9.17, 15) is 18.0 Å². The van der Waals surface area contributed by atoms with Crippen LogP contribution >= 0.6 is 11.6 Å². The van der Waals surface area contributed by atoms with E-state index in [0.717, 1.165) is 32.7 Å². The van der Waals surface area contributed by atoms with Gasteiger partial charge in [0.15, 0.2) is 0 Å². The molecule has 2 heterocycles. The van der Waals surface area contributed by atoms with Gasteiger partial charge in [-0.3, -0.25) is 15.1 Å². The van der Waals surface area contributed by atoms with Crippen molar-refractivity contribution in [2.75, 3.05) is 39.3 Å². The molecule has 1 aliphatic carbocycles. The number of hydrogen-bond acceptors (Lipinski definition) is 4. The molecule has 0 aromatic heterocycles. The summed E-state index contributed by atoms with van der Waals surface area (Å²) in [6, 6.07) is -0.0141. The number of amides is 1. The minimum atomic E-state index is -4.03. The van der Waals surface area contributed by atoms with Crippen molar-refractivity contribution in [1.82, 2.24) is 20.7 Å². The van der Waals surface area contributed by atoms with Crippen molar-refractivity contribution in [3.05, 3.63) is 0 Å². The van der Waals surface area contributed by atoms with Gasteiger partial charge in [0.25, 0.3) is 5.91 Å². The molecule has 2 aliphatic heterocycles. The Bertz CT molecular complexity index is 463. The van der Waals surface area contributed by atoms with Gasteiger partial charge >= 0.3 is 6.18 Å². The molecule has 0 spiro atoms. The van der Waals surface area contributed by atoms with E-state index in [1.54, 1.807) is 0 Å². The molecular weight excluding hydrogens is 357 g/mol. The van der Waals surface area contributed by atoms with Crippen LogP contribution in [0.2, 0.25) is 0 Å². The van der Waals surface area contributed by atoms with Gasteiger partial charge in [0.05, 0.1) is 5.92 Å². The molecule has 2 unspecified atom stereocenters. The topological polar surface area (TPSA) is 47.6 Å². The number of hydrazine groups is 1. The highest BCUT2D eigenvalue weighted by molar-refractivity contribution is 6.31. The van der Waals surface area contributed by atoms with E-state index in [2.05, 4.69) is 20.7 Å². The van der Waals surface area contributed by atoms with Crippen molar-refractivity contribution in [3.63, 3.8) is 0 Å². The van der Waals surface area contributed by atoms with Crippen LogP contribution < -0.4 is 10.9 Å². The predicted octanol–water partition coefficient (Wildman–Crippen LogP) is 1.58. The minimum absolute atomic E-state index is 0.0141. The Morgan fingerprint density at radius 2 is 1.72 bits per heavy atom. The molecule has 2 N–H and O–H groups in total. The Hall–Kier alpha value is -0.570. The van der Waals surface area contributed by atoms with E-state index >= 15 is 0 Å². The fourth-order valence-electron chi connectivity index (χ4n) is 4.22. The largest absolute Gasteiger partial charge is 0.391 e. The Balaban J connectivity index is 1.41. The fraction of sp³-hybridized carbons (Fsp3) is 0.938. The Morgan fingerprint density at radius 1 is 1.08 bits per heavy atom. The highest BCUT2D eigenvalue weighted by Gasteiger charge is 2.42. The van der Waals surface area contributed by atoms with Gasteiger partial charge in [-0.2, -0.15) is 13.2 Å². The van der Waals surface area contributed by atoms with Gasteiger partial charge in [-0.15, -0.1) is 11.6 Å². The molecule has 3 fully saturated rings. The standard InChI is InChI=1S/C16H26ClF3N4O/c17-14-13(9-21-22-15(14)25)24-7-5-23(6-8-24)10-11-1-3-12(4-2-11)16(18,19)20/h11-14,21H,1-10H2,(H,22,25). The average Bonchev–Trinajstić information content (AvgIpc) is 2.58. The molecule has 25 heavy (non-hydrogen) atoms. The predicted molar refractivity (Wildman–Crippen MR) is 89.1 cm³/mol. The summed E-state index contributed by atoms with van der Waals surface area (Å²) in [5.74, 6) is -0.930. The molecule has 2 atom stereocenters. The first-order valence-electron chi connectivity index (χ1n) is 9.04. The summed E-state index contributed by atoms with van der Waals surface area (Å²) in [6.07, 6.45) is -2.16. The monoisotopic (exact) mass is 382 g/mol. The third-order valence-electron chi connectivity index (χ3n) is 5.81. The molecule has 3 aliphatic rings.